The van der Waals surface area contributed by atoms with Gasteiger partial charge in [0.15, 0.2) is 5.96 Å². The number of halogens is 1. The average Bonchev–Trinajstić information content (AvgIpc) is 3.25. The molecule has 3 heterocycles. The van der Waals surface area contributed by atoms with Crippen molar-refractivity contribution in [1.82, 2.24) is 20.1 Å². The van der Waals surface area contributed by atoms with Crippen molar-refractivity contribution >= 4 is 40.2 Å². The second-order valence-electron chi connectivity index (χ2n) is 5.94. The molecule has 3 rings (SSSR count). The van der Waals surface area contributed by atoms with E-state index in [0.717, 1.165) is 61.0 Å². The molecule has 0 amide bonds. The summed E-state index contributed by atoms with van der Waals surface area (Å²) in [5.41, 5.74) is 0. The Morgan fingerprint density at radius 3 is 2.64 bits per heavy atom. The first-order chi connectivity index (χ1) is 12.2. The SMILES string of the molecule is CCc1cnc(CNC(=NC)N2CCN(Cc3ccc(Cl)s3)CC2)s1. The molecule has 0 radical (unpaired) electrons. The molecular weight excluding hydrogens is 374 g/mol. The van der Waals surface area contributed by atoms with Gasteiger partial charge >= 0.3 is 0 Å². The lowest BCUT2D eigenvalue weighted by molar-refractivity contribution is 0.173. The molecule has 0 atom stereocenters. The number of piperazine rings is 1. The normalized spacial score (nSPS) is 16.4. The van der Waals surface area contributed by atoms with E-state index in [1.165, 1.54) is 9.75 Å². The van der Waals surface area contributed by atoms with Crippen LogP contribution in [-0.4, -0.2) is 54.0 Å². The quantitative estimate of drug-likeness (QED) is 0.621. The van der Waals surface area contributed by atoms with Crippen LogP contribution in [-0.2, 0) is 19.5 Å². The van der Waals surface area contributed by atoms with Crippen molar-refractivity contribution in [2.75, 3.05) is 33.2 Å². The summed E-state index contributed by atoms with van der Waals surface area (Å²) in [6.45, 7) is 7.92. The fraction of sp³-hybridized carbons (Fsp3) is 0.529. The van der Waals surface area contributed by atoms with Gasteiger partial charge < -0.3 is 10.2 Å². The van der Waals surface area contributed by atoms with Gasteiger partial charge in [0.2, 0.25) is 0 Å². The molecule has 8 heteroatoms. The van der Waals surface area contributed by atoms with Gasteiger partial charge in [-0.05, 0) is 18.6 Å². The Morgan fingerprint density at radius 1 is 1.24 bits per heavy atom. The van der Waals surface area contributed by atoms with Gasteiger partial charge in [-0.3, -0.25) is 9.89 Å². The fourth-order valence-corrected chi connectivity index (χ4v) is 4.79. The van der Waals surface area contributed by atoms with Crippen LogP contribution in [0.5, 0.6) is 0 Å². The third-order valence-corrected chi connectivity index (χ3v) is 6.60. The maximum absolute atomic E-state index is 6.02. The minimum Gasteiger partial charge on any atom is -0.350 e. The van der Waals surface area contributed by atoms with Crippen LogP contribution in [0, 0.1) is 0 Å². The lowest BCUT2D eigenvalue weighted by Crippen LogP contribution is -2.51. The summed E-state index contributed by atoms with van der Waals surface area (Å²) in [5, 5.41) is 4.57. The Hall–Kier alpha value is -1.15. The molecule has 0 aliphatic carbocycles. The summed E-state index contributed by atoms with van der Waals surface area (Å²) < 4.78 is 0.867. The molecule has 2 aromatic rings. The van der Waals surface area contributed by atoms with Crippen molar-refractivity contribution in [2.45, 2.75) is 26.4 Å². The summed E-state index contributed by atoms with van der Waals surface area (Å²) in [7, 11) is 1.85. The Labute approximate surface area is 162 Å². The lowest BCUT2D eigenvalue weighted by Gasteiger charge is -2.36. The van der Waals surface area contributed by atoms with E-state index in [1.54, 1.807) is 22.7 Å². The Balaban J connectivity index is 1.46. The van der Waals surface area contributed by atoms with Crippen molar-refractivity contribution in [3.63, 3.8) is 0 Å². The number of nitrogens with one attached hydrogen (secondary N) is 1. The van der Waals surface area contributed by atoms with Crippen LogP contribution in [0.25, 0.3) is 0 Å². The molecule has 0 saturated carbocycles. The van der Waals surface area contributed by atoms with Gasteiger partial charge in [0.05, 0.1) is 10.9 Å². The van der Waals surface area contributed by atoms with E-state index in [1.807, 2.05) is 19.3 Å². The molecule has 1 N–H and O–H groups in total. The monoisotopic (exact) mass is 397 g/mol. The van der Waals surface area contributed by atoms with Crippen LogP contribution in [0.1, 0.15) is 21.7 Å². The molecule has 0 unspecified atom stereocenters. The maximum Gasteiger partial charge on any atom is 0.194 e. The zero-order valence-electron chi connectivity index (χ0n) is 14.7. The lowest BCUT2D eigenvalue weighted by atomic mass is 10.3. The number of thiazole rings is 1. The highest BCUT2D eigenvalue weighted by Crippen LogP contribution is 2.23. The number of aliphatic imine (C=N–C) groups is 1. The molecule has 0 aromatic carbocycles. The highest BCUT2D eigenvalue weighted by atomic mass is 35.5. The maximum atomic E-state index is 6.02. The van der Waals surface area contributed by atoms with Crippen LogP contribution in [0.15, 0.2) is 23.3 Å². The third kappa shape index (κ3) is 5.17. The second kappa shape index (κ2) is 8.98. The molecule has 0 bridgehead atoms. The standard InChI is InChI=1S/C17H24ClN5S2/c1-3-13-10-20-16(25-13)11-21-17(19-2)23-8-6-22(7-9-23)12-14-4-5-15(18)24-14/h4-5,10H,3,6-9,11-12H2,1-2H3,(H,19,21). The van der Waals surface area contributed by atoms with Crippen LogP contribution in [0.2, 0.25) is 4.34 Å². The second-order valence-corrected chi connectivity index (χ2v) is 8.94. The Kier molecular flexibility index (Phi) is 6.70. The van der Waals surface area contributed by atoms with Gasteiger partial charge in [-0.25, -0.2) is 4.98 Å². The zero-order valence-corrected chi connectivity index (χ0v) is 17.1. The highest BCUT2D eigenvalue weighted by Gasteiger charge is 2.20. The number of aromatic nitrogens is 1. The van der Waals surface area contributed by atoms with E-state index < -0.39 is 0 Å². The number of thiophene rings is 1. The first-order valence-corrected chi connectivity index (χ1v) is 10.5. The number of nitrogens with zero attached hydrogens (tertiary/aromatic N) is 4. The Morgan fingerprint density at radius 2 is 2.04 bits per heavy atom. The van der Waals surface area contributed by atoms with Gasteiger partial charge in [-0.1, -0.05) is 18.5 Å². The average molecular weight is 398 g/mol. The van der Waals surface area contributed by atoms with Crippen molar-refractivity contribution in [1.29, 1.82) is 0 Å². The van der Waals surface area contributed by atoms with Gasteiger partial charge in [0, 0.05) is 55.7 Å². The van der Waals surface area contributed by atoms with Gasteiger partial charge in [0.1, 0.15) is 5.01 Å². The van der Waals surface area contributed by atoms with Crippen molar-refractivity contribution < 1.29 is 0 Å². The predicted octanol–water partition coefficient (Wildman–Crippen LogP) is 3.31. The molecule has 1 fully saturated rings. The topological polar surface area (TPSA) is 43.8 Å². The molecule has 2 aromatic heterocycles. The van der Waals surface area contributed by atoms with E-state index >= 15 is 0 Å². The Bertz CT molecular complexity index is 703. The predicted molar refractivity (Wildman–Crippen MR) is 108 cm³/mol. The van der Waals surface area contributed by atoms with Gasteiger partial charge in [-0.2, -0.15) is 0 Å². The van der Waals surface area contributed by atoms with Crippen molar-refractivity contribution in [2.24, 2.45) is 4.99 Å². The number of hydrogen-bond acceptors (Lipinski definition) is 5. The zero-order chi connectivity index (χ0) is 17.6. The highest BCUT2D eigenvalue weighted by molar-refractivity contribution is 7.16. The third-order valence-electron chi connectivity index (χ3n) is 4.24. The molecule has 136 valence electrons. The number of guanidine groups is 1. The first-order valence-electron chi connectivity index (χ1n) is 8.53. The number of aryl methyl sites for hydroxylation is 1. The molecule has 25 heavy (non-hydrogen) atoms. The summed E-state index contributed by atoms with van der Waals surface area (Å²) in [5.74, 6) is 0.965. The van der Waals surface area contributed by atoms with Crippen LogP contribution < -0.4 is 5.32 Å². The van der Waals surface area contributed by atoms with E-state index in [-0.39, 0.29) is 0 Å². The van der Waals surface area contributed by atoms with Crippen molar-refractivity contribution in [3.05, 3.63) is 37.4 Å². The number of rotatable bonds is 5. The van der Waals surface area contributed by atoms with E-state index in [2.05, 4.69) is 38.1 Å². The van der Waals surface area contributed by atoms with Crippen LogP contribution in [0.3, 0.4) is 0 Å². The molecular formula is C17H24ClN5S2. The summed E-state index contributed by atoms with van der Waals surface area (Å²) in [6.07, 6.45) is 3.02. The largest absolute Gasteiger partial charge is 0.350 e. The minimum absolute atomic E-state index is 0.741. The summed E-state index contributed by atoms with van der Waals surface area (Å²) in [4.78, 5) is 16.4. The van der Waals surface area contributed by atoms with Crippen molar-refractivity contribution in [3.8, 4) is 0 Å². The van der Waals surface area contributed by atoms with Gasteiger partial charge in [0.25, 0.3) is 0 Å². The molecule has 1 saturated heterocycles. The van der Waals surface area contributed by atoms with Gasteiger partial charge in [-0.15, -0.1) is 22.7 Å². The molecule has 1 aliphatic rings. The summed E-state index contributed by atoms with van der Waals surface area (Å²) >= 11 is 9.46. The fourth-order valence-electron chi connectivity index (χ4n) is 2.86. The molecule has 0 spiro atoms. The number of hydrogen-bond donors (Lipinski definition) is 1. The molecule has 5 nitrogen and oxygen atoms in total. The summed E-state index contributed by atoms with van der Waals surface area (Å²) in [6, 6.07) is 4.10. The van der Waals surface area contributed by atoms with E-state index in [4.69, 9.17) is 11.6 Å². The smallest absolute Gasteiger partial charge is 0.194 e. The van der Waals surface area contributed by atoms with E-state index in [9.17, 15) is 0 Å². The minimum atomic E-state index is 0.741. The first kappa shape index (κ1) is 18.6. The molecule has 1 aliphatic heterocycles. The van der Waals surface area contributed by atoms with Crippen LogP contribution in [0.4, 0.5) is 0 Å². The van der Waals surface area contributed by atoms with Crippen LogP contribution >= 0.6 is 34.3 Å². The van der Waals surface area contributed by atoms with E-state index in [0.29, 0.717) is 0 Å².